The molecule has 0 aromatic carbocycles. The highest BCUT2D eigenvalue weighted by Crippen LogP contribution is 2.30. The molecule has 1 atom stereocenters. The standard InChI is InChI=1S/C17H24N6O/c1-11-6-13(22(3)20-11)7-23-8-14(17(24)19-12-4-5-12)16-15(9-23)18-10-21(16)2/h6,10,12,14H,4-5,7-9H2,1-3H3,(H,19,24). The summed E-state index contributed by atoms with van der Waals surface area (Å²) in [6.07, 6.45) is 4.03. The van der Waals surface area contributed by atoms with Crippen molar-refractivity contribution in [3.8, 4) is 0 Å². The van der Waals surface area contributed by atoms with E-state index in [1.165, 1.54) is 0 Å². The maximum absolute atomic E-state index is 12.7. The minimum Gasteiger partial charge on any atom is -0.353 e. The van der Waals surface area contributed by atoms with Crippen molar-refractivity contribution >= 4 is 5.91 Å². The third-order valence-electron chi connectivity index (χ3n) is 4.93. The van der Waals surface area contributed by atoms with Crippen LogP contribution < -0.4 is 5.32 Å². The summed E-state index contributed by atoms with van der Waals surface area (Å²) in [7, 11) is 3.94. The molecule has 7 nitrogen and oxygen atoms in total. The van der Waals surface area contributed by atoms with E-state index in [-0.39, 0.29) is 11.8 Å². The van der Waals surface area contributed by atoms with Gasteiger partial charge in [-0.05, 0) is 25.8 Å². The van der Waals surface area contributed by atoms with Crippen molar-refractivity contribution in [2.45, 2.75) is 44.8 Å². The van der Waals surface area contributed by atoms with Crippen LogP contribution in [0.1, 0.15) is 41.5 Å². The number of imidazole rings is 1. The van der Waals surface area contributed by atoms with E-state index < -0.39 is 0 Å². The summed E-state index contributed by atoms with van der Waals surface area (Å²) in [5, 5.41) is 7.57. The molecule has 0 spiro atoms. The molecule has 0 saturated heterocycles. The second-order valence-electron chi connectivity index (χ2n) is 7.09. The summed E-state index contributed by atoms with van der Waals surface area (Å²) in [4.78, 5) is 19.6. The normalized spacial score (nSPS) is 20.9. The van der Waals surface area contributed by atoms with Crippen LogP contribution in [0.15, 0.2) is 12.4 Å². The molecule has 2 aromatic rings. The third-order valence-corrected chi connectivity index (χ3v) is 4.93. The molecule has 1 amide bonds. The van der Waals surface area contributed by atoms with Gasteiger partial charge in [-0.3, -0.25) is 14.4 Å². The first-order valence-electron chi connectivity index (χ1n) is 8.53. The Balaban J connectivity index is 1.57. The fraction of sp³-hybridized carbons (Fsp3) is 0.588. The molecule has 128 valence electrons. The molecule has 2 aromatic heterocycles. The summed E-state index contributed by atoms with van der Waals surface area (Å²) in [5.41, 5.74) is 4.25. The van der Waals surface area contributed by atoms with Crippen LogP contribution in [-0.2, 0) is 32.0 Å². The van der Waals surface area contributed by atoms with E-state index >= 15 is 0 Å². The summed E-state index contributed by atoms with van der Waals surface area (Å²) >= 11 is 0. The van der Waals surface area contributed by atoms with Crippen molar-refractivity contribution in [3.05, 3.63) is 35.2 Å². The van der Waals surface area contributed by atoms with E-state index in [9.17, 15) is 4.79 Å². The zero-order valence-corrected chi connectivity index (χ0v) is 14.5. The highest BCUT2D eigenvalue weighted by atomic mass is 16.2. The number of fused-ring (bicyclic) bond motifs is 1. The second-order valence-corrected chi connectivity index (χ2v) is 7.09. The van der Waals surface area contributed by atoms with Crippen LogP contribution in [0.2, 0.25) is 0 Å². The number of nitrogens with zero attached hydrogens (tertiary/aromatic N) is 5. The number of rotatable bonds is 4. The first kappa shape index (κ1) is 15.4. The van der Waals surface area contributed by atoms with E-state index in [1.807, 2.05) is 36.6 Å². The van der Waals surface area contributed by atoms with Crippen molar-refractivity contribution in [2.24, 2.45) is 14.1 Å². The number of carbonyl (C=O) groups excluding carboxylic acids is 1. The van der Waals surface area contributed by atoms with E-state index in [1.54, 1.807) is 0 Å². The van der Waals surface area contributed by atoms with Crippen LogP contribution >= 0.6 is 0 Å². The smallest absolute Gasteiger partial charge is 0.230 e. The van der Waals surface area contributed by atoms with E-state index in [4.69, 9.17) is 0 Å². The number of carbonyl (C=O) groups is 1. The lowest BCUT2D eigenvalue weighted by Gasteiger charge is -2.32. The largest absolute Gasteiger partial charge is 0.353 e. The Morgan fingerprint density at radius 2 is 2.17 bits per heavy atom. The van der Waals surface area contributed by atoms with Gasteiger partial charge in [-0.25, -0.2) is 4.98 Å². The van der Waals surface area contributed by atoms with Gasteiger partial charge in [-0.15, -0.1) is 0 Å². The van der Waals surface area contributed by atoms with Gasteiger partial charge in [0.2, 0.25) is 5.91 Å². The van der Waals surface area contributed by atoms with Gasteiger partial charge in [-0.1, -0.05) is 0 Å². The van der Waals surface area contributed by atoms with Crippen molar-refractivity contribution < 1.29 is 4.79 Å². The minimum absolute atomic E-state index is 0.133. The zero-order chi connectivity index (χ0) is 16.8. The van der Waals surface area contributed by atoms with Crippen LogP contribution in [-0.4, -0.2) is 42.7 Å². The van der Waals surface area contributed by atoms with Crippen molar-refractivity contribution in [1.82, 2.24) is 29.5 Å². The zero-order valence-electron chi connectivity index (χ0n) is 14.5. The van der Waals surface area contributed by atoms with Gasteiger partial charge in [0, 0.05) is 39.8 Å². The molecule has 0 bridgehead atoms. The van der Waals surface area contributed by atoms with Crippen molar-refractivity contribution in [1.29, 1.82) is 0 Å². The molecule has 3 heterocycles. The van der Waals surface area contributed by atoms with Crippen LogP contribution in [0, 0.1) is 6.92 Å². The Labute approximate surface area is 141 Å². The van der Waals surface area contributed by atoms with Gasteiger partial charge in [0.25, 0.3) is 0 Å². The van der Waals surface area contributed by atoms with Crippen LogP contribution in [0.25, 0.3) is 0 Å². The average molecular weight is 328 g/mol. The lowest BCUT2D eigenvalue weighted by Crippen LogP contribution is -2.42. The van der Waals surface area contributed by atoms with Gasteiger partial charge < -0.3 is 9.88 Å². The quantitative estimate of drug-likeness (QED) is 0.903. The van der Waals surface area contributed by atoms with Gasteiger partial charge in [0.1, 0.15) is 0 Å². The third kappa shape index (κ3) is 2.84. The highest BCUT2D eigenvalue weighted by molar-refractivity contribution is 5.84. The number of nitrogens with one attached hydrogen (secondary N) is 1. The molecular weight excluding hydrogens is 304 g/mol. The Kier molecular flexibility index (Phi) is 3.68. The molecule has 7 heteroatoms. The molecule has 1 fully saturated rings. The maximum Gasteiger partial charge on any atom is 0.230 e. The molecule has 1 unspecified atom stereocenters. The number of amides is 1. The Bertz CT molecular complexity index is 772. The molecule has 2 aliphatic rings. The Morgan fingerprint density at radius 3 is 2.83 bits per heavy atom. The summed E-state index contributed by atoms with van der Waals surface area (Å²) in [6, 6.07) is 2.48. The van der Waals surface area contributed by atoms with Crippen molar-refractivity contribution in [2.75, 3.05) is 6.54 Å². The highest BCUT2D eigenvalue weighted by Gasteiger charge is 2.36. The van der Waals surface area contributed by atoms with E-state index in [0.29, 0.717) is 6.04 Å². The SMILES string of the molecule is Cc1cc(CN2Cc3ncn(C)c3C(C(=O)NC3CC3)C2)n(C)n1. The molecular formula is C17H24N6O. The molecule has 1 N–H and O–H groups in total. The minimum atomic E-state index is -0.156. The summed E-state index contributed by atoms with van der Waals surface area (Å²) in [6.45, 7) is 4.27. The van der Waals surface area contributed by atoms with Crippen LogP contribution in [0.4, 0.5) is 0 Å². The molecule has 1 aliphatic carbocycles. The summed E-state index contributed by atoms with van der Waals surface area (Å²) < 4.78 is 3.92. The molecule has 1 aliphatic heterocycles. The second kappa shape index (κ2) is 5.73. The number of aryl methyl sites for hydroxylation is 3. The summed E-state index contributed by atoms with van der Waals surface area (Å²) in [5.74, 6) is -0.0237. The average Bonchev–Trinajstić information content (AvgIpc) is 3.19. The van der Waals surface area contributed by atoms with E-state index in [0.717, 1.165) is 55.3 Å². The predicted octanol–water partition coefficient (Wildman–Crippen LogP) is 0.840. The number of hydrogen-bond acceptors (Lipinski definition) is 4. The maximum atomic E-state index is 12.7. The number of aromatic nitrogens is 4. The molecule has 24 heavy (non-hydrogen) atoms. The Morgan fingerprint density at radius 1 is 1.38 bits per heavy atom. The number of hydrogen-bond donors (Lipinski definition) is 1. The van der Waals surface area contributed by atoms with E-state index in [2.05, 4.69) is 26.4 Å². The van der Waals surface area contributed by atoms with Crippen LogP contribution in [0.3, 0.4) is 0 Å². The molecule has 4 rings (SSSR count). The van der Waals surface area contributed by atoms with Crippen molar-refractivity contribution in [3.63, 3.8) is 0 Å². The predicted molar refractivity (Wildman–Crippen MR) is 89.2 cm³/mol. The van der Waals surface area contributed by atoms with Crippen LogP contribution in [0.5, 0.6) is 0 Å². The fourth-order valence-electron chi connectivity index (χ4n) is 3.58. The first-order chi connectivity index (χ1) is 11.5. The lowest BCUT2D eigenvalue weighted by atomic mass is 9.97. The Hall–Kier alpha value is -2.15. The van der Waals surface area contributed by atoms with Gasteiger partial charge in [0.15, 0.2) is 0 Å². The molecule has 1 saturated carbocycles. The fourth-order valence-corrected chi connectivity index (χ4v) is 3.58. The van der Waals surface area contributed by atoms with Gasteiger partial charge >= 0.3 is 0 Å². The first-order valence-corrected chi connectivity index (χ1v) is 8.53. The van der Waals surface area contributed by atoms with Gasteiger partial charge in [-0.2, -0.15) is 5.10 Å². The molecule has 0 radical (unpaired) electrons. The lowest BCUT2D eigenvalue weighted by molar-refractivity contribution is -0.123. The topological polar surface area (TPSA) is 68.0 Å². The van der Waals surface area contributed by atoms with Gasteiger partial charge in [0.05, 0.1) is 35.0 Å². The monoisotopic (exact) mass is 328 g/mol.